The molecule has 2 unspecified atom stereocenters. The fourth-order valence-electron chi connectivity index (χ4n) is 1.55. The fraction of sp³-hybridized carbons (Fsp3) is 0.692. The van der Waals surface area contributed by atoms with Gasteiger partial charge in [0.15, 0.2) is 0 Å². The number of carbonyl (C=O) groups is 1. The van der Waals surface area contributed by atoms with Gasteiger partial charge in [-0.1, -0.05) is 0 Å². The van der Waals surface area contributed by atoms with Crippen LogP contribution >= 0.6 is 11.3 Å². The number of methoxy groups -OCH3 is 1. The van der Waals surface area contributed by atoms with E-state index in [1.165, 1.54) is 11.3 Å². The van der Waals surface area contributed by atoms with E-state index in [1.54, 1.807) is 26.0 Å². The third-order valence-electron chi connectivity index (χ3n) is 2.94. The molecule has 19 heavy (non-hydrogen) atoms. The normalized spacial score (nSPS) is 14.2. The van der Waals surface area contributed by atoms with Crippen LogP contribution in [0.4, 0.5) is 0 Å². The van der Waals surface area contributed by atoms with Crippen LogP contribution in [0.15, 0.2) is 0 Å². The van der Waals surface area contributed by atoms with Gasteiger partial charge < -0.3 is 14.7 Å². The number of hydrogen-bond donors (Lipinski definition) is 1. The molecule has 1 aromatic rings. The maximum Gasteiger partial charge on any atom is 0.265 e. The number of thiazole rings is 1. The lowest BCUT2D eigenvalue weighted by Crippen LogP contribution is -2.29. The minimum atomic E-state index is -0.401. The number of rotatable bonds is 6. The Morgan fingerprint density at radius 3 is 2.68 bits per heavy atom. The van der Waals surface area contributed by atoms with E-state index in [1.807, 2.05) is 13.8 Å². The molecular formula is C13H22N2O3S. The molecule has 0 fully saturated rings. The van der Waals surface area contributed by atoms with Crippen LogP contribution in [0.25, 0.3) is 0 Å². The Kier molecular flexibility index (Phi) is 5.90. The highest BCUT2D eigenvalue weighted by Gasteiger charge is 2.21. The summed E-state index contributed by atoms with van der Waals surface area (Å²) in [5.41, 5.74) is 0.734. The summed E-state index contributed by atoms with van der Waals surface area (Å²) in [6.45, 7) is 5.99. The molecule has 0 aliphatic carbocycles. The van der Waals surface area contributed by atoms with Crippen molar-refractivity contribution >= 4 is 17.2 Å². The molecule has 0 bridgehead atoms. The Morgan fingerprint density at radius 2 is 2.16 bits per heavy atom. The van der Waals surface area contributed by atoms with Crippen molar-refractivity contribution in [1.82, 2.24) is 9.88 Å². The summed E-state index contributed by atoms with van der Waals surface area (Å²) in [5, 5.41) is 10.1. The Labute approximate surface area is 118 Å². The number of aromatic nitrogens is 1. The molecule has 6 heteroatoms. The molecule has 0 aliphatic heterocycles. The van der Waals surface area contributed by atoms with E-state index in [9.17, 15) is 9.90 Å². The molecule has 0 saturated heterocycles. The minimum Gasteiger partial charge on any atom is -0.393 e. The molecule has 1 amide bonds. The first-order valence-electron chi connectivity index (χ1n) is 6.30. The lowest BCUT2D eigenvalue weighted by atomic mass is 10.2. The number of carbonyl (C=O) groups excluding carboxylic acids is 1. The van der Waals surface area contributed by atoms with Gasteiger partial charge in [-0.05, 0) is 27.2 Å². The van der Waals surface area contributed by atoms with Crippen LogP contribution in [0, 0.1) is 6.92 Å². The molecule has 5 nitrogen and oxygen atoms in total. The Morgan fingerprint density at radius 1 is 1.53 bits per heavy atom. The molecule has 1 rings (SSSR count). The van der Waals surface area contributed by atoms with Crippen molar-refractivity contribution in [2.75, 3.05) is 20.7 Å². The zero-order valence-electron chi connectivity index (χ0n) is 12.1. The zero-order chi connectivity index (χ0) is 14.6. The first-order chi connectivity index (χ1) is 8.86. The van der Waals surface area contributed by atoms with Crippen LogP contribution in [0.1, 0.15) is 46.7 Å². The number of nitrogens with zero attached hydrogens (tertiary/aromatic N) is 2. The highest BCUT2D eigenvalue weighted by molar-refractivity contribution is 7.13. The SMILES string of the molecule is COC(C)c1nc(C)c(C(=O)N(C)CCC(C)O)s1. The second-order valence-corrected chi connectivity index (χ2v) is 5.74. The number of aliphatic hydroxyl groups is 1. The van der Waals surface area contributed by atoms with Gasteiger partial charge in [-0.2, -0.15) is 0 Å². The van der Waals surface area contributed by atoms with E-state index in [4.69, 9.17) is 4.74 Å². The van der Waals surface area contributed by atoms with E-state index in [0.717, 1.165) is 10.7 Å². The lowest BCUT2D eigenvalue weighted by Gasteiger charge is -2.17. The second kappa shape index (κ2) is 6.98. The summed E-state index contributed by atoms with van der Waals surface area (Å²) in [5.74, 6) is -0.0507. The van der Waals surface area contributed by atoms with Crippen molar-refractivity contribution in [1.29, 1.82) is 0 Å². The number of aliphatic hydroxyl groups excluding tert-OH is 1. The van der Waals surface area contributed by atoms with E-state index in [2.05, 4.69) is 4.98 Å². The highest BCUT2D eigenvalue weighted by Crippen LogP contribution is 2.26. The number of ether oxygens (including phenoxy) is 1. The smallest absolute Gasteiger partial charge is 0.265 e. The molecule has 2 atom stereocenters. The van der Waals surface area contributed by atoms with Crippen LogP contribution in [-0.2, 0) is 4.74 Å². The van der Waals surface area contributed by atoms with E-state index in [-0.39, 0.29) is 12.0 Å². The van der Waals surface area contributed by atoms with Crippen molar-refractivity contribution < 1.29 is 14.6 Å². The Balaban J connectivity index is 2.79. The Hall–Kier alpha value is -0.980. The topological polar surface area (TPSA) is 62.7 Å². The molecule has 0 spiro atoms. The van der Waals surface area contributed by atoms with Gasteiger partial charge >= 0.3 is 0 Å². The maximum atomic E-state index is 12.3. The highest BCUT2D eigenvalue weighted by atomic mass is 32.1. The standard InChI is InChI=1S/C13H22N2O3S/c1-8(16)6-7-15(4)13(17)11-9(2)14-12(19-11)10(3)18-5/h8,10,16H,6-7H2,1-5H3. The summed E-state index contributed by atoms with van der Waals surface area (Å²) < 4.78 is 5.21. The fourth-order valence-corrected chi connectivity index (χ4v) is 2.64. The largest absolute Gasteiger partial charge is 0.393 e. The predicted molar refractivity (Wildman–Crippen MR) is 75.5 cm³/mol. The van der Waals surface area contributed by atoms with Crippen molar-refractivity contribution in [3.05, 3.63) is 15.6 Å². The molecule has 0 aromatic carbocycles. The molecule has 108 valence electrons. The molecular weight excluding hydrogens is 264 g/mol. The molecule has 0 radical (unpaired) electrons. The van der Waals surface area contributed by atoms with Crippen molar-refractivity contribution in [2.45, 2.75) is 39.4 Å². The summed E-state index contributed by atoms with van der Waals surface area (Å²) in [6, 6.07) is 0. The summed E-state index contributed by atoms with van der Waals surface area (Å²) in [4.78, 5) is 18.9. The van der Waals surface area contributed by atoms with Gasteiger partial charge in [0.05, 0.1) is 11.8 Å². The number of aryl methyl sites for hydroxylation is 1. The van der Waals surface area contributed by atoms with Crippen LogP contribution in [-0.4, -0.2) is 47.7 Å². The molecule has 0 saturated carbocycles. The van der Waals surface area contributed by atoms with Crippen LogP contribution in [0.5, 0.6) is 0 Å². The first kappa shape index (κ1) is 16.1. The predicted octanol–water partition coefficient (Wildman–Crippen LogP) is 2.00. The van der Waals surface area contributed by atoms with Crippen LogP contribution < -0.4 is 0 Å². The summed E-state index contributed by atoms with van der Waals surface area (Å²) >= 11 is 1.37. The van der Waals surface area contributed by atoms with Gasteiger partial charge in [-0.15, -0.1) is 11.3 Å². The molecule has 0 aliphatic rings. The van der Waals surface area contributed by atoms with E-state index >= 15 is 0 Å². The van der Waals surface area contributed by atoms with Gasteiger partial charge in [0.1, 0.15) is 16.0 Å². The average Bonchev–Trinajstić information content (AvgIpc) is 2.76. The van der Waals surface area contributed by atoms with E-state index < -0.39 is 6.10 Å². The van der Waals surface area contributed by atoms with Gasteiger partial charge in [0.25, 0.3) is 5.91 Å². The monoisotopic (exact) mass is 286 g/mol. The summed E-state index contributed by atoms with van der Waals surface area (Å²) in [6.07, 6.45) is 0.0661. The van der Waals surface area contributed by atoms with Crippen molar-refractivity contribution in [3.8, 4) is 0 Å². The Bertz CT molecular complexity index is 432. The average molecular weight is 286 g/mol. The molecule has 1 heterocycles. The van der Waals surface area contributed by atoms with Gasteiger partial charge in [0, 0.05) is 20.7 Å². The van der Waals surface area contributed by atoms with Crippen LogP contribution in [0.3, 0.4) is 0 Å². The van der Waals surface area contributed by atoms with Gasteiger partial charge in [-0.3, -0.25) is 4.79 Å². The van der Waals surface area contributed by atoms with Crippen LogP contribution in [0.2, 0.25) is 0 Å². The third kappa shape index (κ3) is 4.26. The molecule has 1 aromatic heterocycles. The number of hydrogen-bond acceptors (Lipinski definition) is 5. The molecule has 1 N–H and O–H groups in total. The second-order valence-electron chi connectivity index (χ2n) is 4.71. The third-order valence-corrected chi connectivity index (χ3v) is 4.24. The van der Waals surface area contributed by atoms with Gasteiger partial charge in [0.2, 0.25) is 0 Å². The van der Waals surface area contributed by atoms with Gasteiger partial charge in [-0.25, -0.2) is 4.98 Å². The lowest BCUT2D eigenvalue weighted by molar-refractivity contribution is 0.0772. The van der Waals surface area contributed by atoms with Crippen molar-refractivity contribution in [3.63, 3.8) is 0 Å². The van der Waals surface area contributed by atoms with E-state index in [0.29, 0.717) is 17.8 Å². The zero-order valence-corrected chi connectivity index (χ0v) is 13.0. The number of amides is 1. The van der Waals surface area contributed by atoms with Crippen molar-refractivity contribution in [2.24, 2.45) is 0 Å². The maximum absolute atomic E-state index is 12.3. The quantitative estimate of drug-likeness (QED) is 0.869. The summed E-state index contributed by atoms with van der Waals surface area (Å²) in [7, 11) is 3.36. The first-order valence-corrected chi connectivity index (χ1v) is 7.12. The minimum absolute atomic E-state index is 0.0507.